The fraction of sp³-hybridized carbons (Fsp3) is 0.268. The Morgan fingerprint density at radius 2 is 1.62 bits per heavy atom. The number of amides is 2. The average molecular weight is 731 g/mol. The van der Waals surface area contributed by atoms with Crippen LogP contribution in [0.1, 0.15) is 44.2 Å². The number of phenolic OH excluding ortho intramolecular Hbond substituents is 1. The normalized spacial score (nSPS) is 22.2. The minimum Gasteiger partial charge on any atom is -0.507 e. The third kappa shape index (κ3) is 6.82. The summed E-state index contributed by atoms with van der Waals surface area (Å²) in [6.07, 6.45) is 3.50. The molecule has 2 saturated heterocycles. The Hall–Kier alpha value is -4.44. The lowest BCUT2D eigenvalue weighted by atomic mass is 9.57. The van der Waals surface area contributed by atoms with Gasteiger partial charge in [0, 0.05) is 21.4 Å². The van der Waals surface area contributed by atoms with Gasteiger partial charge in [-0.3, -0.25) is 14.5 Å². The van der Waals surface area contributed by atoms with Crippen LogP contribution in [0.5, 0.6) is 5.75 Å². The highest BCUT2D eigenvalue weighted by atomic mass is 79.9. The van der Waals surface area contributed by atoms with Crippen molar-refractivity contribution >= 4 is 63.6 Å². The van der Waals surface area contributed by atoms with E-state index in [1.165, 1.54) is 4.90 Å². The molecule has 3 aliphatic rings. The van der Waals surface area contributed by atoms with E-state index in [2.05, 4.69) is 35.1 Å². The van der Waals surface area contributed by atoms with Gasteiger partial charge in [-0.2, -0.15) is 0 Å². The van der Waals surface area contributed by atoms with E-state index < -0.39 is 25.1 Å². The third-order valence-electron chi connectivity index (χ3n) is 10.3. The predicted molar refractivity (Wildman–Crippen MR) is 203 cm³/mol. The van der Waals surface area contributed by atoms with E-state index in [4.69, 9.17) is 4.65 Å². The molecule has 0 spiro atoms. The first-order valence-electron chi connectivity index (χ1n) is 17.3. The maximum Gasteiger partial charge on any atom is 0.455 e. The van der Waals surface area contributed by atoms with Crippen molar-refractivity contribution in [3.63, 3.8) is 0 Å². The summed E-state index contributed by atoms with van der Waals surface area (Å²) in [5, 5.41) is 25.1. The minimum atomic E-state index is -1.06. The molecule has 9 heteroatoms. The highest BCUT2D eigenvalue weighted by Gasteiger charge is 2.57. The van der Waals surface area contributed by atoms with Crippen LogP contribution >= 0.6 is 15.9 Å². The summed E-state index contributed by atoms with van der Waals surface area (Å²) < 4.78 is 7.16. The number of fused-ring (bicyclic) bond motifs is 3. The molecule has 254 valence electrons. The Morgan fingerprint density at radius 1 is 0.940 bits per heavy atom. The standard InChI is InChI=1S/C41H40BBrN2O5/c1-25(2)33-23-34-39(41(48)45(40(34)47)32-17-15-31(16-18-32)44-30-11-7-4-8-12-30)35-24-42(49)50-37(38(33)35)20-13-27(26-9-5-3-6-10-26)21-28-22-29(43)14-19-36(28)46/h3-12,14-19,21-22,25,34-35,37,39,44,46,49H,13,20,23-24H2,1-2H3/b27-21-/t34-,35+,37-,39-/m1/s1. The van der Waals surface area contributed by atoms with Crippen molar-refractivity contribution in [3.8, 4) is 5.75 Å². The molecule has 2 heterocycles. The zero-order valence-corrected chi connectivity index (χ0v) is 29.7. The van der Waals surface area contributed by atoms with E-state index >= 15 is 0 Å². The summed E-state index contributed by atoms with van der Waals surface area (Å²) in [5.74, 6) is -1.42. The van der Waals surface area contributed by atoms with Gasteiger partial charge in [-0.25, -0.2) is 0 Å². The van der Waals surface area contributed by atoms with Crippen molar-refractivity contribution in [1.82, 2.24) is 0 Å². The second-order valence-electron chi connectivity index (χ2n) is 13.7. The van der Waals surface area contributed by atoms with Crippen LogP contribution in [0.2, 0.25) is 6.32 Å². The molecule has 4 aromatic carbocycles. The van der Waals surface area contributed by atoms with Gasteiger partial charge in [-0.1, -0.05) is 83.9 Å². The fourth-order valence-electron chi connectivity index (χ4n) is 7.95. The molecular formula is C41H40BBrN2O5. The summed E-state index contributed by atoms with van der Waals surface area (Å²) in [4.78, 5) is 29.7. The van der Waals surface area contributed by atoms with Crippen LogP contribution in [0, 0.1) is 23.7 Å². The van der Waals surface area contributed by atoms with E-state index in [1.54, 1.807) is 12.1 Å². The van der Waals surface area contributed by atoms with Gasteiger partial charge in [0.05, 0.1) is 23.6 Å². The average Bonchev–Trinajstić information content (AvgIpc) is 3.37. The lowest BCUT2D eigenvalue weighted by Crippen LogP contribution is -2.46. The Kier molecular flexibility index (Phi) is 9.82. The quantitative estimate of drug-likeness (QED) is 0.0689. The monoisotopic (exact) mass is 730 g/mol. The molecule has 0 bridgehead atoms. The number of phenols is 1. The Balaban J connectivity index is 1.17. The van der Waals surface area contributed by atoms with Gasteiger partial charge in [-0.05, 0) is 115 Å². The van der Waals surface area contributed by atoms with Crippen LogP contribution in [0.25, 0.3) is 11.6 Å². The first-order valence-corrected chi connectivity index (χ1v) is 18.1. The maximum atomic E-state index is 14.3. The number of para-hydroxylation sites is 1. The number of allylic oxidation sites excluding steroid dienone is 2. The zero-order valence-electron chi connectivity index (χ0n) is 28.1. The molecule has 3 N–H and O–H groups in total. The number of carbonyl (C=O) groups is 2. The number of carbonyl (C=O) groups excluding carboxylic acids is 2. The molecule has 2 aliphatic heterocycles. The van der Waals surface area contributed by atoms with Crippen LogP contribution in [-0.2, 0) is 14.2 Å². The number of halogens is 1. The van der Waals surface area contributed by atoms with Crippen molar-refractivity contribution in [2.75, 3.05) is 10.2 Å². The summed E-state index contributed by atoms with van der Waals surface area (Å²) in [6, 6.07) is 32.6. The zero-order chi connectivity index (χ0) is 34.9. The Morgan fingerprint density at radius 3 is 2.32 bits per heavy atom. The minimum absolute atomic E-state index is 0.137. The van der Waals surface area contributed by atoms with Gasteiger partial charge in [-0.15, -0.1) is 0 Å². The molecule has 4 aromatic rings. The fourth-order valence-corrected chi connectivity index (χ4v) is 8.33. The van der Waals surface area contributed by atoms with Crippen LogP contribution in [0.15, 0.2) is 119 Å². The van der Waals surface area contributed by atoms with Crippen molar-refractivity contribution in [3.05, 3.63) is 130 Å². The highest BCUT2D eigenvalue weighted by molar-refractivity contribution is 9.10. The van der Waals surface area contributed by atoms with Crippen LogP contribution in [0.3, 0.4) is 0 Å². The number of imide groups is 1. The SMILES string of the molecule is CC(C)C1=C2[C@@H](CC/C(=C/c3cc(Br)ccc3O)c3ccccc3)OB(O)C[C@@H]2[C@@H]2C(=O)N(c3ccc(Nc4ccccc4)cc3)C(=O)[C@@H]2C1. The number of anilines is 3. The molecule has 1 aliphatic carbocycles. The molecule has 7 rings (SSSR count). The van der Waals surface area contributed by atoms with E-state index in [1.807, 2.05) is 97.1 Å². The van der Waals surface area contributed by atoms with E-state index in [0.29, 0.717) is 30.5 Å². The van der Waals surface area contributed by atoms with E-state index in [-0.39, 0.29) is 35.7 Å². The second kappa shape index (κ2) is 14.4. The third-order valence-corrected chi connectivity index (χ3v) is 10.8. The van der Waals surface area contributed by atoms with Crippen LogP contribution in [-0.4, -0.2) is 35.2 Å². The van der Waals surface area contributed by atoms with Gasteiger partial charge in [0.2, 0.25) is 11.8 Å². The maximum absolute atomic E-state index is 14.3. The van der Waals surface area contributed by atoms with Gasteiger partial charge in [0.1, 0.15) is 5.75 Å². The topological polar surface area (TPSA) is 99.1 Å². The molecule has 2 fully saturated rings. The second-order valence-corrected chi connectivity index (χ2v) is 14.6. The number of hydrogen-bond donors (Lipinski definition) is 3. The van der Waals surface area contributed by atoms with Crippen molar-refractivity contribution < 1.29 is 24.4 Å². The van der Waals surface area contributed by atoms with E-state index in [0.717, 1.165) is 38.1 Å². The highest BCUT2D eigenvalue weighted by Crippen LogP contribution is 2.52. The number of rotatable bonds is 9. The van der Waals surface area contributed by atoms with Crippen LogP contribution < -0.4 is 10.2 Å². The lowest BCUT2D eigenvalue weighted by Gasteiger charge is -2.44. The van der Waals surface area contributed by atoms with Gasteiger partial charge < -0.3 is 20.1 Å². The Labute approximate surface area is 302 Å². The van der Waals surface area contributed by atoms with Crippen LogP contribution in [0.4, 0.5) is 17.1 Å². The molecule has 50 heavy (non-hydrogen) atoms. The summed E-state index contributed by atoms with van der Waals surface area (Å²) in [7, 11) is -1.06. The Bertz CT molecular complexity index is 1950. The van der Waals surface area contributed by atoms with Crippen molar-refractivity contribution in [2.45, 2.75) is 45.5 Å². The van der Waals surface area contributed by atoms with Gasteiger partial charge >= 0.3 is 7.12 Å². The predicted octanol–water partition coefficient (Wildman–Crippen LogP) is 8.88. The smallest absolute Gasteiger partial charge is 0.455 e. The number of hydrogen-bond acceptors (Lipinski definition) is 6. The first kappa shape index (κ1) is 34.0. The number of benzene rings is 4. The molecule has 2 amide bonds. The lowest BCUT2D eigenvalue weighted by molar-refractivity contribution is -0.122. The number of nitrogens with zero attached hydrogens (tertiary/aromatic N) is 1. The van der Waals surface area contributed by atoms with Crippen molar-refractivity contribution in [2.24, 2.45) is 23.7 Å². The molecule has 7 nitrogen and oxygen atoms in total. The summed E-state index contributed by atoms with van der Waals surface area (Å²) in [5.41, 5.74) is 7.31. The number of aromatic hydroxyl groups is 1. The summed E-state index contributed by atoms with van der Waals surface area (Å²) >= 11 is 3.52. The molecule has 0 aromatic heterocycles. The molecule has 4 atom stereocenters. The molecule has 0 radical (unpaired) electrons. The van der Waals surface area contributed by atoms with E-state index in [9.17, 15) is 19.7 Å². The summed E-state index contributed by atoms with van der Waals surface area (Å²) in [6.45, 7) is 4.26. The van der Waals surface area contributed by atoms with Crippen molar-refractivity contribution in [1.29, 1.82) is 0 Å². The first-order chi connectivity index (χ1) is 24.2. The molecule has 0 unspecified atom stereocenters. The largest absolute Gasteiger partial charge is 0.507 e. The number of nitrogens with one attached hydrogen (secondary N) is 1. The molecular weight excluding hydrogens is 691 g/mol. The van der Waals surface area contributed by atoms with Gasteiger partial charge in [0.15, 0.2) is 0 Å². The molecule has 0 saturated carbocycles. The van der Waals surface area contributed by atoms with Gasteiger partial charge in [0.25, 0.3) is 0 Å².